The van der Waals surface area contributed by atoms with Gasteiger partial charge in [-0.3, -0.25) is 5.10 Å². The third-order valence-corrected chi connectivity index (χ3v) is 3.13. The van der Waals surface area contributed by atoms with Crippen LogP contribution >= 0.6 is 0 Å². The van der Waals surface area contributed by atoms with Gasteiger partial charge in [-0.15, -0.1) is 0 Å². The van der Waals surface area contributed by atoms with Crippen LogP contribution in [0.3, 0.4) is 0 Å². The van der Waals surface area contributed by atoms with Crippen LogP contribution in [0.1, 0.15) is 19.2 Å². The van der Waals surface area contributed by atoms with E-state index in [1.165, 1.54) is 6.07 Å². The van der Waals surface area contributed by atoms with Crippen molar-refractivity contribution < 1.29 is 4.39 Å². The summed E-state index contributed by atoms with van der Waals surface area (Å²) < 4.78 is 13.8. The van der Waals surface area contributed by atoms with Crippen molar-refractivity contribution in [3.8, 4) is 11.4 Å². The number of rotatable bonds is 3. The predicted octanol–water partition coefficient (Wildman–Crippen LogP) is 3.72. The van der Waals surface area contributed by atoms with E-state index in [-0.39, 0.29) is 5.82 Å². The normalized spacial score (nSPS) is 11.1. The lowest BCUT2D eigenvalue weighted by Gasteiger charge is -2.03. The summed E-state index contributed by atoms with van der Waals surface area (Å²) in [5.74, 6) is 1.27. The second-order valence-electron chi connectivity index (χ2n) is 4.50. The van der Waals surface area contributed by atoms with Gasteiger partial charge in [0.05, 0.1) is 0 Å². The number of fused-ring (bicyclic) bond motifs is 1. The van der Waals surface area contributed by atoms with E-state index in [0.29, 0.717) is 11.2 Å². The molecule has 1 N–H and O–H groups in total. The van der Waals surface area contributed by atoms with Crippen LogP contribution in [0.2, 0.25) is 0 Å². The Morgan fingerprint density at radius 2 is 1.89 bits per heavy atom. The van der Waals surface area contributed by atoms with Crippen molar-refractivity contribution in [3.05, 3.63) is 48.0 Å². The summed E-state index contributed by atoms with van der Waals surface area (Å²) in [5, 5.41) is 8.59. The van der Waals surface area contributed by atoms with Crippen molar-refractivity contribution in [2.75, 3.05) is 0 Å². The Morgan fingerprint density at radius 1 is 1.11 bits per heavy atom. The number of halogens is 1. The van der Waals surface area contributed by atoms with Crippen molar-refractivity contribution in [2.24, 2.45) is 0 Å². The molecule has 1 aromatic heterocycles. The van der Waals surface area contributed by atoms with Crippen LogP contribution in [0.5, 0.6) is 0 Å². The fourth-order valence-electron chi connectivity index (χ4n) is 2.22. The second kappa shape index (κ2) is 4.80. The Hall–Kier alpha value is -2.23. The van der Waals surface area contributed by atoms with Gasteiger partial charge in [0.25, 0.3) is 0 Å². The van der Waals surface area contributed by atoms with Gasteiger partial charge in [-0.1, -0.05) is 31.2 Å². The highest BCUT2D eigenvalue weighted by atomic mass is 19.1. The van der Waals surface area contributed by atoms with E-state index in [4.69, 9.17) is 0 Å². The molecule has 0 bridgehead atoms. The van der Waals surface area contributed by atoms with Crippen LogP contribution in [0.25, 0.3) is 22.2 Å². The van der Waals surface area contributed by atoms with Gasteiger partial charge in [0.2, 0.25) is 0 Å². The molecule has 96 valence electrons. The summed E-state index contributed by atoms with van der Waals surface area (Å²) in [6.45, 7) is 2.09. The number of aryl methyl sites for hydroxylation is 1. The van der Waals surface area contributed by atoms with E-state index in [1.54, 1.807) is 12.1 Å². The summed E-state index contributed by atoms with van der Waals surface area (Å²) >= 11 is 0. The highest BCUT2D eigenvalue weighted by Gasteiger charge is 2.11. The topological polar surface area (TPSA) is 41.6 Å². The Labute approximate surface area is 110 Å². The molecule has 1 heterocycles. The Bertz CT molecular complexity index is 718. The molecule has 0 aliphatic carbocycles. The van der Waals surface area contributed by atoms with E-state index >= 15 is 0 Å². The smallest absolute Gasteiger partial charge is 0.181 e. The molecule has 4 heteroatoms. The Morgan fingerprint density at radius 3 is 2.68 bits per heavy atom. The van der Waals surface area contributed by atoms with Crippen molar-refractivity contribution in [3.63, 3.8) is 0 Å². The van der Waals surface area contributed by atoms with Crippen LogP contribution in [0.4, 0.5) is 4.39 Å². The van der Waals surface area contributed by atoms with Crippen molar-refractivity contribution in [1.29, 1.82) is 0 Å². The van der Waals surface area contributed by atoms with E-state index in [9.17, 15) is 4.39 Å². The highest BCUT2D eigenvalue weighted by molar-refractivity contribution is 5.95. The van der Waals surface area contributed by atoms with Gasteiger partial charge in [-0.05, 0) is 23.9 Å². The van der Waals surface area contributed by atoms with Crippen molar-refractivity contribution in [1.82, 2.24) is 15.2 Å². The van der Waals surface area contributed by atoms with E-state index in [1.807, 2.05) is 18.2 Å². The third kappa shape index (κ3) is 2.10. The van der Waals surface area contributed by atoms with Crippen LogP contribution < -0.4 is 0 Å². The number of aromatic nitrogens is 3. The maximum Gasteiger partial charge on any atom is 0.181 e. The van der Waals surface area contributed by atoms with Crippen molar-refractivity contribution in [2.45, 2.75) is 19.8 Å². The maximum atomic E-state index is 13.8. The molecular weight excluding hydrogens is 241 g/mol. The van der Waals surface area contributed by atoms with E-state index in [2.05, 4.69) is 22.1 Å². The first-order valence-corrected chi connectivity index (χ1v) is 6.38. The zero-order valence-electron chi connectivity index (χ0n) is 10.7. The molecule has 0 fully saturated rings. The molecule has 0 radical (unpaired) electrons. The molecular formula is C15H14FN3. The zero-order valence-corrected chi connectivity index (χ0v) is 10.7. The number of H-pyrrole nitrogens is 1. The van der Waals surface area contributed by atoms with Gasteiger partial charge in [0.15, 0.2) is 5.82 Å². The molecule has 0 aliphatic heterocycles. The third-order valence-electron chi connectivity index (χ3n) is 3.13. The minimum absolute atomic E-state index is 0.219. The average molecular weight is 255 g/mol. The lowest BCUT2D eigenvalue weighted by atomic mass is 10.0. The summed E-state index contributed by atoms with van der Waals surface area (Å²) in [6.07, 6.45) is 1.88. The first kappa shape index (κ1) is 11.8. The molecule has 0 unspecified atom stereocenters. The summed E-state index contributed by atoms with van der Waals surface area (Å²) in [7, 11) is 0. The minimum atomic E-state index is -0.219. The lowest BCUT2D eigenvalue weighted by molar-refractivity contribution is 0.640. The molecule has 3 rings (SSSR count). The average Bonchev–Trinajstić information content (AvgIpc) is 2.88. The van der Waals surface area contributed by atoms with E-state index < -0.39 is 0 Å². The van der Waals surface area contributed by atoms with E-state index in [0.717, 1.165) is 29.6 Å². The first-order valence-electron chi connectivity index (χ1n) is 6.38. The van der Waals surface area contributed by atoms with Gasteiger partial charge in [0, 0.05) is 17.4 Å². The summed E-state index contributed by atoms with van der Waals surface area (Å²) in [6, 6.07) is 10.6. The molecule has 0 amide bonds. The van der Waals surface area contributed by atoms with Crippen molar-refractivity contribution >= 4 is 10.8 Å². The number of aromatic amines is 1. The molecule has 2 aromatic carbocycles. The number of nitrogens with one attached hydrogen (secondary N) is 1. The molecule has 0 spiro atoms. The van der Waals surface area contributed by atoms with Gasteiger partial charge >= 0.3 is 0 Å². The Balaban J connectivity index is 2.16. The Kier molecular flexibility index (Phi) is 2.99. The zero-order chi connectivity index (χ0) is 13.2. The standard InChI is InChI=1S/C15H14FN3/c1-2-5-14-17-15(19-18-14)12-8-9-13(16)11-7-4-3-6-10(11)12/h3-4,6-9H,2,5H2,1H3,(H,17,18,19). The molecule has 0 saturated carbocycles. The molecule has 0 saturated heterocycles. The number of hydrogen-bond acceptors (Lipinski definition) is 2. The number of hydrogen-bond donors (Lipinski definition) is 1. The quantitative estimate of drug-likeness (QED) is 0.775. The van der Waals surface area contributed by atoms with Crippen LogP contribution in [-0.4, -0.2) is 15.2 Å². The van der Waals surface area contributed by atoms with Crippen LogP contribution in [0.15, 0.2) is 36.4 Å². The lowest BCUT2D eigenvalue weighted by Crippen LogP contribution is -1.87. The summed E-state index contributed by atoms with van der Waals surface area (Å²) in [5.41, 5.74) is 0.857. The van der Waals surface area contributed by atoms with Crippen LogP contribution in [0, 0.1) is 5.82 Å². The van der Waals surface area contributed by atoms with Gasteiger partial charge < -0.3 is 0 Å². The molecule has 3 nitrogen and oxygen atoms in total. The second-order valence-corrected chi connectivity index (χ2v) is 4.50. The van der Waals surface area contributed by atoms with Gasteiger partial charge in [-0.25, -0.2) is 9.37 Å². The molecule has 0 aliphatic rings. The SMILES string of the molecule is CCCc1nc(-c2ccc(F)c3ccccc23)n[nH]1. The monoisotopic (exact) mass is 255 g/mol. The fraction of sp³-hybridized carbons (Fsp3) is 0.200. The molecule has 0 atom stereocenters. The summed E-state index contributed by atoms with van der Waals surface area (Å²) in [4.78, 5) is 4.46. The fourth-order valence-corrected chi connectivity index (χ4v) is 2.22. The minimum Gasteiger partial charge on any atom is -0.263 e. The number of benzene rings is 2. The highest BCUT2D eigenvalue weighted by Crippen LogP contribution is 2.28. The first-order chi connectivity index (χ1) is 9.29. The molecule has 19 heavy (non-hydrogen) atoms. The predicted molar refractivity (Wildman–Crippen MR) is 73.3 cm³/mol. The number of nitrogens with zero attached hydrogens (tertiary/aromatic N) is 2. The molecule has 3 aromatic rings. The van der Waals surface area contributed by atoms with Gasteiger partial charge in [0.1, 0.15) is 11.6 Å². The maximum absolute atomic E-state index is 13.8. The largest absolute Gasteiger partial charge is 0.263 e. The van der Waals surface area contributed by atoms with Gasteiger partial charge in [-0.2, -0.15) is 5.10 Å². The van der Waals surface area contributed by atoms with Crippen LogP contribution in [-0.2, 0) is 6.42 Å².